The highest BCUT2D eigenvalue weighted by molar-refractivity contribution is 5.83. The molecule has 3 rings (SSSR count). The topological polar surface area (TPSA) is 86.1 Å². The molecule has 0 saturated carbocycles. The van der Waals surface area contributed by atoms with Crippen LogP contribution in [0.2, 0.25) is 0 Å². The number of fused-ring (bicyclic) bond motifs is 1. The predicted octanol–water partition coefficient (Wildman–Crippen LogP) is 2.09. The molecule has 0 saturated heterocycles. The van der Waals surface area contributed by atoms with Crippen molar-refractivity contribution in [3.8, 4) is 0 Å². The largest absolute Gasteiger partial charge is 0.450 e. The van der Waals surface area contributed by atoms with Crippen molar-refractivity contribution in [2.24, 2.45) is 0 Å². The van der Waals surface area contributed by atoms with Crippen LogP contribution >= 0.6 is 0 Å². The molecule has 1 aromatic carbocycles. The monoisotopic (exact) mass is 338 g/mol. The van der Waals surface area contributed by atoms with E-state index in [1.54, 1.807) is 25.3 Å². The molecule has 0 radical (unpaired) electrons. The molecule has 0 fully saturated rings. The number of pyridine rings is 1. The molecule has 128 valence electrons. The molecular weight excluding hydrogens is 320 g/mol. The zero-order chi connectivity index (χ0) is 17.6. The number of hydrogen-bond donors (Lipinski definition) is 1. The third-order valence-electron chi connectivity index (χ3n) is 3.66. The maximum absolute atomic E-state index is 12.7. The Hall–Kier alpha value is -3.22. The summed E-state index contributed by atoms with van der Waals surface area (Å²) in [6, 6.07) is 12.7. The standard InChI is InChI=1S/C18H18N4O3/c1-2-25-18(24)20-11-16-14-8-3-4-9-15(14)17(23)22(21-16)12-13-7-5-6-10-19-13/h3-10H,2,11-12H2,1H3,(H,20,24). The molecule has 7 heteroatoms. The highest BCUT2D eigenvalue weighted by Gasteiger charge is 2.12. The lowest BCUT2D eigenvalue weighted by atomic mass is 10.1. The Kier molecular flexibility index (Phi) is 5.03. The first-order chi connectivity index (χ1) is 12.2. The number of nitrogens with zero attached hydrogens (tertiary/aromatic N) is 3. The number of benzene rings is 1. The van der Waals surface area contributed by atoms with E-state index in [9.17, 15) is 9.59 Å². The Balaban J connectivity index is 1.98. The summed E-state index contributed by atoms with van der Waals surface area (Å²) in [5, 5.41) is 8.33. The number of ether oxygens (including phenoxy) is 1. The summed E-state index contributed by atoms with van der Waals surface area (Å²) in [7, 11) is 0. The second-order valence-corrected chi connectivity index (χ2v) is 5.35. The molecule has 1 amide bonds. The molecule has 2 heterocycles. The zero-order valence-corrected chi connectivity index (χ0v) is 13.8. The Morgan fingerprint density at radius 2 is 1.92 bits per heavy atom. The summed E-state index contributed by atoms with van der Waals surface area (Å²) in [5.41, 5.74) is 1.14. The molecule has 0 spiro atoms. The van der Waals surface area contributed by atoms with E-state index in [4.69, 9.17) is 4.74 Å². The minimum absolute atomic E-state index is 0.168. The molecule has 7 nitrogen and oxygen atoms in total. The van der Waals surface area contributed by atoms with Crippen LogP contribution < -0.4 is 10.9 Å². The highest BCUT2D eigenvalue weighted by Crippen LogP contribution is 2.13. The lowest BCUT2D eigenvalue weighted by molar-refractivity contribution is 0.151. The number of aromatic nitrogens is 3. The average molecular weight is 338 g/mol. The van der Waals surface area contributed by atoms with Crippen molar-refractivity contribution in [1.82, 2.24) is 20.1 Å². The molecule has 0 aliphatic heterocycles. The molecule has 0 aliphatic rings. The van der Waals surface area contributed by atoms with Crippen LogP contribution in [-0.4, -0.2) is 27.5 Å². The number of carbonyl (C=O) groups excluding carboxylic acids is 1. The fraction of sp³-hybridized carbons (Fsp3) is 0.222. The maximum Gasteiger partial charge on any atom is 0.407 e. The minimum atomic E-state index is -0.518. The highest BCUT2D eigenvalue weighted by atomic mass is 16.5. The first-order valence-corrected chi connectivity index (χ1v) is 7.98. The van der Waals surface area contributed by atoms with Crippen molar-refractivity contribution in [3.05, 3.63) is 70.4 Å². The van der Waals surface area contributed by atoms with E-state index >= 15 is 0 Å². The van der Waals surface area contributed by atoms with Gasteiger partial charge in [0.25, 0.3) is 5.56 Å². The number of rotatable bonds is 5. The van der Waals surface area contributed by atoms with Crippen LogP contribution in [0.4, 0.5) is 4.79 Å². The summed E-state index contributed by atoms with van der Waals surface area (Å²) in [4.78, 5) is 28.5. The van der Waals surface area contributed by atoms with E-state index in [2.05, 4.69) is 15.4 Å². The molecular formula is C18H18N4O3. The van der Waals surface area contributed by atoms with Gasteiger partial charge in [0, 0.05) is 11.6 Å². The SMILES string of the molecule is CCOC(=O)NCc1nn(Cc2ccccn2)c(=O)c2ccccc12. The van der Waals surface area contributed by atoms with Gasteiger partial charge >= 0.3 is 6.09 Å². The van der Waals surface area contributed by atoms with Crippen molar-refractivity contribution in [1.29, 1.82) is 0 Å². The van der Waals surface area contributed by atoms with Crippen molar-refractivity contribution in [2.45, 2.75) is 20.0 Å². The van der Waals surface area contributed by atoms with E-state index in [0.717, 1.165) is 5.69 Å². The smallest absolute Gasteiger partial charge is 0.407 e. The number of hydrogen-bond acceptors (Lipinski definition) is 5. The molecule has 2 aromatic heterocycles. The third kappa shape index (κ3) is 3.82. The molecule has 1 N–H and O–H groups in total. The summed E-state index contributed by atoms with van der Waals surface area (Å²) in [5.74, 6) is 0. The lowest BCUT2D eigenvalue weighted by Crippen LogP contribution is -2.29. The lowest BCUT2D eigenvalue weighted by Gasteiger charge is -2.11. The van der Waals surface area contributed by atoms with E-state index in [0.29, 0.717) is 23.1 Å². The second kappa shape index (κ2) is 7.57. The first-order valence-electron chi connectivity index (χ1n) is 7.98. The molecule has 0 aliphatic carbocycles. The summed E-state index contributed by atoms with van der Waals surface area (Å²) >= 11 is 0. The van der Waals surface area contributed by atoms with Gasteiger partial charge < -0.3 is 10.1 Å². The Morgan fingerprint density at radius 1 is 1.16 bits per heavy atom. The first kappa shape index (κ1) is 16.6. The molecule has 0 atom stereocenters. The van der Waals surface area contributed by atoms with E-state index < -0.39 is 6.09 Å². The van der Waals surface area contributed by atoms with Crippen molar-refractivity contribution < 1.29 is 9.53 Å². The molecule has 25 heavy (non-hydrogen) atoms. The van der Waals surface area contributed by atoms with Crippen LogP contribution in [0.3, 0.4) is 0 Å². The van der Waals surface area contributed by atoms with Gasteiger partial charge in [-0.25, -0.2) is 9.48 Å². The van der Waals surface area contributed by atoms with Gasteiger partial charge in [0.15, 0.2) is 0 Å². The van der Waals surface area contributed by atoms with Crippen LogP contribution in [0.5, 0.6) is 0 Å². The normalized spacial score (nSPS) is 10.6. The third-order valence-corrected chi connectivity index (χ3v) is 3.66. The zero-order valence-electron chi connectivity index (χ0n) is 13.8. The van der Waals surface area contributed by atoms with Gasteiger partial charge in [0.1, 0.15) is 0 Å². The Morgan fingerprint density at radius 3 is 2.64 bits per heavy atom. The van der Waals surface area contributed by atoms with Crippen LogP contribution in [-0.2, 0) is 17.8 Å². The van der Waals surface area contributed by atoms with E-state index in [-0.39, 0.29) is 18.6 Å². The van der Waals surface area contributed by atoms with Gasteiger partial charge in [0.05, 0.1) is 36.5 Å². The second-order valence-electron chi connectivity index (χ2n) is 5.35. The number of nitrogens with one attached hydrogen (secondary N) is 1. The van der Waals surface area contributed by atoms with Crippen molar-refractivity contribution >= 4 is 16.9 Å². The van der Waals surface area contributed by atoms with Gasteiger partial charge in [-0.1, -0.05) is 24.3 Å². The van der Waals surface area contributed by atoms with Crippen LogP contribution in [0, 0.1) is 0 Å². The van der Waals surface area contributed by atoms with Crippen molar-refractivity contribution in [2.75, 3.05) is 6.61 Å². The van der Waals surface area contributed by atoms with Gasteiger partial charge in [-0.3, -0.25) is 9.78 Å². The van der Waals surface area contributed by atoms with Gasteiger partial charge in [-0.05, 0) is 25.1 Å². The Bertz CT molecular complexity index is 938. The predicted molar refractivity (Wildman–Crippen MR) is 93.2 cm³/mol. The minimum Gasteiger partial charge on any atom is -0.450 e. The van der Waals surface area contributed by atoms with E-state index in [1.807, 2.05) is 30.3 Å². The summed E-state index contributed by atoms with van der Waals surface area (Å²) in [6.07, 6.45) is 1.15. The average Bonchev–Trinajstić information content (AvgIpc) is 2.64. The van der Waals surface area contributed by atoms with Crippen molar-refractivity contribution in [3.63, 3.8) is 0 Å². The summed E-state index contributed by atoms with van der Waals surface area (Å²) < 4.78 is 6.24. The number of carbonyl (C=O) groups is 1. The van der Waals surface area contributed by atoms with Gasteiger partial charge in [0.2, 0.25) is 0 Å². The summed E-state index contributed by atoms with van der Waals surface area (Å²) in [6.45, 7) is 2.46. The van der Waals surface area contributed by atoms with Crippen LogP contribution in [0.15, 0.2) is 53.5 Å². The quantitative estimate of drug-likeness (QED) is 0.770. The number of alkyl carbamates (subject to hydrolysis) is 1. The fourth-order valence-corrected chi connectivity index (χ4v) is 2.53. The maximum atomic E-state index is 12.7. The molecule has 3 aromatic rings. The molecule has 0 bridgehead atoms. The van der Waals surface area contributed by atoms with Crippen LogP contribution in [0.25, 0.3) is 10.8 Å². The van der Waals surface area contributed by atoms with Gasteiger partial charge in [-0.15, -0.1) is 0 Å². The van der Waals surface area contributed by atoms with E-state index in [1.165, 1.54) is 4.68 Å². The van der Waals surface area contributed by atoms with Gasteiger partial charge in [-0.2, -0.15) is 5.10 Å². The molecule has 0 unspecified atom stereocenters. The fourth-order valence-electron chi connectivity index (χ4n) is 2.53. The Labute approximate surface area is 144 Å². The van der Waals surface area contributed by atoms with Crippen LogP contribution in [0.1, 0.15) is 18.3 Å². The number of amides is 1.